The van der Waals surface area contributed by atoms with E-state index in [1.807, 2.05) is 12.1 Å². The third-order valence-electron chi connectivity index (χ3n) is 4.89. The van der Waals surface area contributed by atoms with Crippen LogP contribution in [0.3, 0.4) is 0 Å². The summed E-state index contributed by atoms with van der Waals surface area (Å²) in [6.07, 6.45) is 2.67. The van der Waals surface area contributed by atoms with Crippen LogP contribution in [0.4, 0.5) is 5.82 Å². The normalized spacial score (nSPS) is 18.7. The van der Waals surface area contributed by atoms with Crippen LogP contribution >= 0.6 is 0 Å². The molecule has 0 unspecified atom stereocenters. The number of ether oxygens (including phenoxy) is 3. The van der Waals surface area contributed by atoms with Gasteiger partial charge in [-0.15, -0.1) is 0 Å². The highest BCUT2D eigenvalue weighted by Gasteiger charge is 2.19. The van der Waals surface area contributed by atoms with Crippen LogP contribution in [0.15, 0.2) is 30.6 Å². The molecule has 7 heteroatoms. The van der Waals surface area contributed by atoms with Crippen LogP contribution in [-0.4, -0.2) is 61.4 Å². The van der Waals surface area contributed by atoms with Gasteiger partial charge < -0.3 is 24.4 Å². The van der Waals surface area contributed by atoms with E-state index >= 15 is 0 Å². The number of aromatic nitrogens is 2. The molecular formula is C20H26N4O3. The maximum Gasteiger partial charge on any atom is 0.161 e. The van der Waals surface area contributed by atoms with E-state index in [4.69, 9.17) is 14.2 Å². The van der Waals surface area contributed by atoms with Gasteiger partial charge in [-0.05, 0) is 31.2 Å². The highest BCUT2D eigenvalue weighted by atomic mass is 16.6. The van der Waals surface area contributed by atoms with Crippen molar-refractivity contribution >= 4 is 5.82 Å². The number of hydrogen-bond acceptors (Lipinski definition) is 7. The summed E-state index contributed by atoms with van der Waals surface area (Å²) in [5, 5.41) is 3.40. The lowest BCUT2D eigenvalue weighted by atomic mass is 10.1. The molecule has 0 aliphatic carbocycles. The van der Waals surface area contributed by atoms with Crippen molar-refractivity contribution in [1.82, 2.24) is 14.9 Å². The topological polar surface area (TPSA) is 68.7 Å². The summed E-state index contributed by atoms with van der Waals surface area (Å²) in [5.74, 6) is 2.95. The Kier molecular flexibility index (Phi) is 5.69. The highest BCUT2D eigenvalue weighted by molar-refractivity contribution is 5.43. The molecule has 4 rings (SSSR count). The van der Waals surface area contributed by atoms with Crippen LogP contribution < -0.4 is 14.8 Å². The van der Waals surface area contributed by atoms with Gasteiger partial charge in [-0.1, -0.05) is 6.07 Å². The van der Waals surface area contributed by atoms with E-state index in [0.29, 0.717) is 19.1 Å². The summed E-state index contributed by atoms with van der Waals surface area (Å²) in [6.45, 7) is 5.39. The van der Waals surface area contributed by atoms with E-state index < -0.39 is 0 Å². The molecule has 1 N–H and O–H groups in total. The lowest BCUT2D eigenvalue weighted by Gasteiger charge is -2.21. The van der Waals surface area contributed by atoms with Crippen LogP contribution in [0.1, 0.15) is 23.6 Å². The maximum absolute atomic E-state index is 5.66. The van der Waals surface area contributed by atoms with Crippen molar-refractivity contribution in [3.63, 3.8) is 0 Å². The molecule has 0 amide bonds. The minimum Gasteiger partial charge on any atom is -0.486 e. The second-order valence-corrected chi connectivity index (χ2v) is 7.03. The molecule has 2 aromatic rings. The number of rotatable bonds is 7. The van der Waals surface area contributed by atoms with Gasteiger partial charge in [-0.25, -0.2) is 9.97 Å². The summed E-state index contributed by atoms with van der Waals surface area (Å²) < 4.78 is 16.7. The molecule has 2 aliphatic heterocycles. The molecule has 7 nitrogen and oxygen atoms in total. The van der Waals surface area contributed by atoms with Crippen molar-refractivity contribution in [3.05, 3.63) is 41.9 Å². The summed E-state index contributed by atoms with van der Waals surface area (Å²) in [7, 11) is 2.11. The molecular weight excluding hydrogens is 344 g/mol. The third-order valence-corrected chi connectivity index (χ3v) is 4.89. The number of hydrogen-bond donors (Lipinski definition) is 1. The van der Waals surface area contributed by atoms with Crippen molar-refractivity contribution in [2.24, 2.45) is 0 Å². The number of anilines is 1. The van der Waals surface area contributed by atoms with Crippen LogP contribution in [0.25, 0.3) is 0 Å². The molecule has 1 saturated heterocycles. The van der Waals surface area contributed by atoms with E-state index in [1.54, 1.807) is 6.33 Å². The molecule has 0 spiro atoms. The molecule has 0 saturated carbocycles. The van der Waals surface area contributed by atoms with Gasteiger partial charge in [-0.3, -0.25) is 0 Å². The molecule has 3 heterocycles. The number of nitrogens with zero attached hydrogens (tertiary/aromatic N) is 3. The van der Waals surface area contributed by atoms with E-state index in [0.717, 1.165) is 62.3 Å². The third kappa shape index (κ3) is 4.67. The Bertz CT molecular complexity index is 765. The fourth-order valence-electron chi connectivity index (χ4n) is 3.41. The molecule has 27 heavy (non-hydrogen) atoms. The fraction of sp³-hybridized carbons (Fsp3) is 0.500. The minimum atomic E-state index is 0.395. The van der Waals surface area contributed by atoms with Crippen LogP contribution in [0.5, 0.6) is 11.5 Å². The van der Waals surface area contributed by atoms with E-state index in [2.05, 4.69) is 39.4 Å². The van der Waals surface area contributed by atoms with E-state index in [-0.39, 0.29) is 0 Å². The van der Waals surface area contributed by atoms with Gasteiger partial charge in [0.1, 0.15) is 25.4 Å². The lowest BCUT2D eigenvalue weighted by molar-refractivity contribution is 0.171. The summed E-state index contributed by atoms with van der Waals surface area (Å²) >= 11 is 0. The van der Waals surface area contributed by atoms with Crippen molar-refractivity contribution in [3.8, 4) is 11.5 Å². The molecule has 0 bridgehead atoms. The first kappa shape index (κ1) is 18.0. The molecule has 144 valence electrons. The van der Waals surface area contributed by atoms with Gasteiger partial charge >= 0.3 is 0 Å². The minimum absolute atomic E-state index is 0.395. The first-order chi connectivity index (χ1) is 13.3. The average Bonchev–Trinajstić information content (AvgIpc) is 3.23. The van der Waals surface area contributed by atoms with Crippen molar-refractivity contribution in [1.29, 1.82) is 0 Å². The monoisotopic (exact) mass is 370 g/mol. The Morgan fingerprint density at radius 2 is 2.00 bits per heavy atom. The molecule has 2 aliphatic rings. The standard InChI is InChI=1S/C20H26N4O3/c1-24(12-15-2-3-18-19(10-15)27-9-8-26-18)6-5-21-20-11-17(22-14-23-20)16-4-7-25-13-16/h2-3,10-11,14,16H,4-9,12-13H2,1H3,(H,21,22,23)/t16-/m1/s1. The van der Waals surface area contributed by atoms with Gasteiger partial charge in [-0.2, -0.15) is 0 Å². The zero-order valence-corrected chi connectivity index (χ0v) is 15.7. The fourth-order valence-corrected chi connectivity index (χ4v) is 3.41. The smallest absolute Gasteiger partial charge is 0.161 e. The molecule has 1 atom stereocenters. The zero-order chi connectivity index (χ0) is 18.5. The maximum atomic E-state index is 5.66. The van der Waals surface area contributed by atoms with Gasteiger partial charge in [0.15, 0.2) is 11.5 Å². The Balaban J connectivity index is 1.26. The average molecular weight is 370 g/mol. The van der Waals surface area contributed by atoms with Gasteiger partial charge in [0.05, 0.1) is 12.3 Å². The lowest BCUT2D eigenvalue weighted by Crippen LogP contribution is -2.25. The summed E-state index contributed by atoms with van der Waals surface area (Å²) in [4.78, 5) is 11.0. The second-order valence-electron chi connectivity index (χ2n) is 7.03. The summed E-state index contributed by atoms with van der Waals surface area (Å²) in [6, 6.07) is 8.20. The van der Waals surface area contributed by atoms with Gasteiger partial charge in [0.25, 0.3) is 0 Å². The largest absolute Gasteiger partial charge is 0.486 e. The first-order valence-corrected chi connectivity index (χ1v) is 9.48. The quantitative estimate of drug-likeness (QED) is 0.802. The SMILES string of the molecule is CN(CCNc1cc([C@@H]2CCOC2)ncn1)Cc1ccc2c(c1)OCCO2. The second kappa shape index (κ2) is 8.54. The van der Waals surface area contributed by atoms with Crippen molar-refractivity contribution in [2.45, 2.75) is 18.9 Å². The van der Waals surface area contributed by atoms with E-state index in [9.17, 15) is 0 Å². The Morgan fingerprint density at radius 3 is 2.85 bits per heavy atom. The Labute approximate surface area is 159 Å². The predicted octanol–water partition coefficient (Wildman–Crippen LogP) is 2.30. The van der Waals surface area contributed by atoms with Crippen molar-refractivity contribution < 1.29 is 14.2 Å². The number of likely N-dealkylation sites (N-methyl/N-ethyl adjacent to an activating group) is 1. The van der Waals surface area contributed by atoms with Gasteiger partial charge in [0.2, 0.25) is 0 Å². The van der Waals surface area contributed by atoms with Crippen molar-refractivity contribution in [2.75, 3.05) is 51.9 Å². The summed E-state index contributed by atoms with van der Waals surface area (Å²) in [5.41, 5.74) is 2.28. The predicted molar refractivity (Wildman–Crippen MR) is 102 cm³/mol. The Hall–Kier alpha value is -2.38. The number of fused-ring (bicyclic) bond motifs is 1. The molecule has 0 radical (unpaired) electrons. The van der Waals surface area contributed by atoms with Crippen LogP contribution in [0.2, 0.25) is 0 Å². The number of nitrogens with one attached hydrogen (secondary N) is 1. The molecule has 1 fully saturated rings. The zero-order valence-electron chi connectivity index (χ0n) is 15.7. The molecule has 1 aromatic carbocycles. The first-order valence-electron chi connectivity index (χ1n) is 9.48. The van der Waals surface area contributed by atoms with Gasteiger partial charge in [0, 0.05) is 38.2 Å². The molecule has 1 aromatic heterocycles. The Morgan fingerprint density at radius 1 is 1.11 bits per heavy atom. The van der Waals surface area contributed by atoms with Crippen LogP contribution in [0, 0.1) is 0 Å². The highest BCUT2D eigenvalue weighted by Crippen LogP contribution is 2.31. The van der Waals surface area contributed by atoms with E-state index in [1.165, 1.54) is 5.56 Å². The number of benzene rings is 1. The van der Waals surface area contributed by atoms with Crippen LogP contribution in [-0.2, 0) is 11.3 Å².